The number of carbonyl (C=O) groups is 1. The molecule has 2 heteroatoms. The molecule has 96 valence electrons. The van der Waals surface area contributed by atoms with Gasteiger partial charge >= 0.3 is 0 Å². The lowest BCUT2D eigenvalue weighted by atomic mass is 9.87. The predicted molar refractivity (Wildman–Crippen MR) is 75.1 cm³/mol. The Morgan fingerprint density at radius 3 is 1.69 bits per heavy atom. The van der Waals surface area contributed by atoms with Crippen LogP contribution in [0.4, 0.5) is 0 Å². The standard InChI is InChI=1S/C14H28OS/c1-12(2,3)11(15)9-10-14(7,8)16-13(4,5)6/h9-10H2,1-8H3. The van der Waals surface area contributed by atoms with Gasteiger partial charge in [0.2, 0.25) is 0 Å². The normalized spacial score (nSPS) is 14.0. The predicted octanol–water partition coefficient (Wildman–Crippen LogP) is 4.69. The lowest BCUT2D eigenvalue weighted by Crippen LogP contribution is -2.27. The molecule has 0 spiro atoms. The Morgan fingerprint density at radius 1 is 0.938 bits per heavy atom. The van der Waals surface area contributed by atoms with Gasteiger partial charge in [-0.05, 0) is 6.42 Å². The number of hydrogen-bond acceptors (Lipinski definition) is 2. The van der Waals surface area contributed by atoms with E-state index in [4.69, 9.17) is 0 Å². The van der Waals surface area contributed by atoms with Crippen molar-refractivity contribution in [2.45, 2.75) is 77.7 Å². The van der Waals surface area contributed by atoms with Crippen molar-refractivity contribution in [1.29, 1.82) is 0 Å². The molecule has 0 fully saturated rings. The minimum Gasteiger partial charge on any atom is -0.299 e. The van der Waals surface area contributed by atoms with Crippen molar-refractivity contribution in [3.8, 4) is 0 Å². The molecular formula is C14H28OS. The minimum atomic E-state index is -0.192. The van der Waals surface area contributed by atoms with Gasteiger partial charge in [-0.3, -0.25) is 4.79 Å². The summed E-state index contributed by atoms with van der Waals surface area (Å²) < 4.78 is 0.438. The van der Waals surface area contributed by atoms with Gasteiger partial charge < -0.3 is 0 Å². The Balaban J connectivity index is 4.25. The third-order valence-electron chi connectivity index (χ3n) is 2.37. The van der Waals surface area contributed by atoms with Crippen LogP contribution in [0, 0.1) is 5.41 Å². The van der Waals surface area contributed by atoms with Crippen LogP contribution in [0.25, 0.3) is 0 Å². The first-order chi connectivity index (χ1) is 6.83. The van der Waals surface area contributed by atoms with Crippen LogP contribution < -0.4 is 0 Å². The summed E-state index contributed by atoms with van der Waals surface area (Å²) >= 11 is 1.96. The monoisotopic (exact) mass is 244 g/mol. The summed E-state index contributed by atoms with van der Waals surface area (Å²) in [6.45, 7) is 17.1. The molecule has 0 aliphatic rings. The lowest BCUT2D eigenvalue weighted by Gasteiger charge is -2.32. The summed E-state index contributed by atoms with van der Waals surface area (Å²) in [7, 11) is 0. The molecule has 0 rings (SSSR count). The number of thioether (sulfide) groups is 1. The summed E-state index contributed by atoms with van der Waals surface area (Å²) in [5, 5.41) is 0. The molecule has 0 aliphatic heterocycles. The fourth-order valence-electron chi connectivity index (χ4n) is 1.67. The van der Waals surface area contributed by atoms with E-state index < -0.39 is 0 Å². The maximum absolute atomic E-state index is 11.9. The van der Waals surface area contributed by atoms with Crippen LogP contribution in [0.1, 0.15) is 68.2 Å². The number of rotatable bonds is 4. The smallest absolute Gasteiger partial charge is 0.138 e. The van der Waals surface area contributed by atoms with E-state index in [1.165, 1.54) is 0 Å². The zero-order valence-electron chi connectivity index (χ0n) is 12.2. The van der Waals surface area contributed by atoms with Crippen molar-refractivity contribution in [2.24, 2.45) is 5.41 Å². The Bertz CT molecular complexity index is 240. The van der Waals surface area contributed by atoms with E-state index in [-0.39, 0.29) is 14.9 Å². The number of carbonyl (C=O) groups excluding carboxylic acids is 1. The molecule has 0 atom stereocenters. The van der Waals surface area contributed by atoms with Gasteiger partial charge in [0.1, 0.15) is 5.78 Å². The van der Waals surface area contributed by atoms with E-state index in [2.05, 4.69) is 34.6 Å². The Hall–Kier alpha value is 0.0200. The van der Waals surface area contributed by atoms with Crippen molar-refractivity contribution in [2.75, 3.05) is 0 Å². The summed E-state index contributed by atoms with van der Waals surface area (Å²) in [4.78, 5) is 11.9. The van der Waals surface area contributed by atoms with Crippen LogP contribution in [0.5, 0.6) is 0 Å². The molecular weight excluding hydrogens is 216 g/mol. The second-order valence-corrected chi connectivity index (χ2v) is 9.68. The quantitative estimate of drug-likeness (QED) is 0.713. The topological polar surface area (TPSA) is 17.1 Å². The van der Waals surface area contributed by atoms with Gasteiger partial charge in [-0.15, -0.1) is 11.8 Å². The highest BCUT2D eigenvalue weighted by atomic mass is 32.2. The molecule has 0 radical (unpaired) electrons. The molecule has 0 saturated carbocycles. The van der Waals surface area contributed by atoms with E-state index in [1.54, 1.807) is 0 Å². The third-order valence-corrected chi connectivity index (χ3v) is 3.74. The molecule has 0 heterocycles. The molecule has 1 nitrogen and oxygen atoms in total. The molecule has 0 amide bonds. The van der Waals surface area contributed by atoms with E-state index in [0.717, 1.165) is 6.42 Å². The highest BCUT2D eigenvalue weighted by molar-refractivity contribution is 8.01. The van der Waals surface area contributed by atoms with Gasteiger partial charge in [0.25, 0.3) is 0 Å². The highest BCUT2D eigenvalue weighted by Gasteiger charge is 2.29. The SMILES string of the molecule is CC(C)(C)SC(C)(C)CCC(=O)C(C)(C)C. The van der Waals surface area contributed by atoms with Crippen molar-refractivity contribution in [1.82, 2.24) is 0 Å². The summed E-state index contributed by atoms with van der Waals surface area (Å²) in [5.41, 5.74) is -0.192. The van der Waals surface area contributed by atoms with Crippen LogP contribution in [-0.4, -0.2) is 15.3 Å². The second-order valence-electron chi connectivity index (χ2n) is 7.15. The first-order valence-electron chi connectivity index (χ1n) is 6.07. The molecule has 0 aliphatic carbocycles. The summed E-state index contributed by atoms with van der Waals surface area (Å²) in [5.74, 6) is 0.370. The zero-order chi connectivity index (χ0) is 13.2. The molecule has 0 aromatic carbocycles. The molecule has 0 bridgehead atoms. The van der Waals surface area contributed by atoms with Gasteiger partial charge in [-0.25, -0.2) is 0 Å². The van der Waals surface area contributed by atoms with Crippen molar-refractivity contribution < 1.29 is 4.79 Å². The van der Waals surface area contributed by atoms with E-state index in [9.17, 15) is 4.79 Å². The fourth-order valence-corrected chi connectivity index (χ4v) is 3.53. The molecule has 0 aromatic rings. The van der Waals surface area contributed by atoms with E-state index >= 15 is 0 Å². The Labute approximate surface area is 106 Å². The average molecular weight is 244 g/mol. The molecule has 0 N–H and O–H groups in total. The molecule has 0 unspecified atom stereocenters. The number of hydrogen-bond donors (Lipinski definition) is 0. The van der Waals surface area contributed by atoms with Gasteiger partial charge in [0.15, 0.2) is 0 Å². The Morgan fingerprint density at radius 2 is 1.38 bits per heavy atom. The largest absolute Gasteiger partial charge is 0.299 e. The van der Waals surface area contributed by atoms with Gasteiger partial charge in [-0.2, -0.15) is 0 Å². The fraction of sp³-hybridized carbons (Fsp3) is 0.929. The van der Waals surface area contributed by atoms with Gasteiger partial charge in [-0.1, -0.05) is 55.4 Å². The van der Waals surface area contributed by atoms with Gasteiger partial charge in [0, 0.05) is 21.3 Å². The first kappa shape index (κ1) is 16.0. The summed E-state index contributed by atoms with van der Waals surface area (Å²) in [6, 6.07) is 0. The van der Waals surface area contributed by atoms with Crippen LogP contribution in [0.2, 0.25) is 0 Å². The molecule has 0 saturated heterocycles. The van der Waals surface area contributed by atoms with Crippen LogP contribution in [-0.2, 0) is 4.79 Å². The number of Topliss-reactive ketones (excluding diaryl/α,β-unsaturated/α-hetero) is 1. The molecule has 0 aromatic heterocycles. The maximum atomic E-state index is 11.9. The van der Waals surface area contributed by atoms with Gasteiger partial charge in [0.05, 0.1) is 0 Å². The van der Waals surface area contributed by atoms with Crippen molar-refractivity contribution in [3.05, 3.63) is 0 Å². The molecule has 16 heavy (non-hydrogen) atoms. The van der Waals surface area contributed by atoms with Crippen molar-refractivity contribution >= 4 is 17.5 Å². The average Bonchev–Trinajstić information content (AvgIpc) is 1.93. The van der Waals surface area contributed by atoms with Crippen molar-refractivity contribution in [3.63, 3.8) is 0 Å². The Kier molecular flexibility index (Phi) is 5.12. The van der Waals surface area contributed by atoms with E-state index in [0.29, 0.717) is 12.2 Å². The highest BCUT2D eigenvalue weighted by Crippen LogP contribution is 2.39. The van der Waals surface area contributed by atoms with Crippen LogP contribution in [0.3, 0.4) is 0 Å². The first-order valence-corrected chi connectivity index (χ1v) is 6.89. The van der Waals surface area contributed by atoms with E-state index in [1.807, 2.05) is 32.5 Å². The zero-order valence-corrected chi connectivity index (χ0v) is 13.0. The minimum absolute atomic E-state index is 0.180. The third kappa shape index (κ3) is 7.32. The van der Waals surface area contributed by atoms with Crippen LogP contribution >= 0.6 is 11.8 Å². The lowest BCUT2D eigenvalue weighted by molar-refractivity contribution is -0.126. The maximum Gasteiger partial charge on any atom is 0.138 e. The second kappa shape index (κ2) is 5.12. The van der Waals surface area contributed by atoms with Crippen LogP contribution in [0.15, 0.2) is 0 Å². The summed E-state index contributed by atoms with van der Waals surface area (Å²) in [6.07, 6.45) is 1.66. The number of ketones is 1.